The van der Waals surface area contributed by atoms with Crippen molar-refractivity contribution in [3.8, 4) is 0 Å². The van der Waals surface area contributed by atoms with Crippen LogP contribution in [0.4, 0.5) is 5.69 Å². The fourth-order valence-electron chi connectivity index (χ4n) is 2.08. The fraction of sp³-hybridized carbons (Fsp3) is 0.417. The molecule has 4 N–H and O–H groups in total. The molecule has 1 unspecified atom stereocenters. The Kier molecular flexibility index (Phi) is 4.79. The minimum absolute atomic E-state index is 0.00158. The van der Waals surface area contributed by atoms with Gasteiger partial charge in [0.1, 0.15) is 0 Å². The first kappa shape index (κ1) is 15.4. The Bertz CT molecular complexity index is 612. The highest BCUT2D eigenvalue weighted by Gasteiger charge is 2.21. The van der Waals surface area contributed by atoms with Crippen LogP contribution in [0.1, 0.15) is 12.8 Å². The number of benzene rings is 1. The van der Waals surface area contributed by atoms with Gasteiger partial charge in [0, 0.05) is 11.0 Å². The van der Waals surface area contributed by atoms with E-state index in [0.29, 0.717) is 16.7 Å². The van der Waals surface area contributed by atoms with Crippen molar-refractivity contribution in [2.45, 2.75) is 17.7 Å². The molecular weight excluding hydrogens is 346 g/mol. The molecule has 1 aliphatic rings. The summed E-state index contributed by atoms with van der Waals surface area (Å²) in [7, 11) is -3.74. The number of rotatable bonds is 3. The van der Waals surface area contributed by atoms with Crippen LogP contribution < -0.4 is 15.8 Å². The molecule has 110 valence electrons. The Balaban J connectivity index is 2.11. The molecule has 0 radical (unpaired) electrons. The lowest BCUT2D eigenvalue weighted by Crippen LogP contribution is -2.37. The van der Waals surface area contributed by atoms with Gasteiger partial charge in [0.2, 0.25) is 15.9 Å². The van der Waals surface area contributed by atoms with E-state index < -0.39 is 10.0 Å². The van der Waals surface area contributed by atoms with E-state index in [2.05, 4.69) is 26.6 Å². The van der Waals surface area contributed by atoms with E-state index in [1.165, 1.54) is 18.2 Å². The fourth-order valence-corrected chi connectivity index (χ4v) is 3.25. The SMILES string of the molecule is NS(=O)(=O)c1ccc(NC(=O)C2CCCNC2)c(Br)c1. The molecule has 1 atom stereocenters. The quantitative estimate of drug-likeness (QED) is 0.748. The third kappa shape index (κ3) is 3.78. The van der Waals surface area contributed by atoms with Crippen LogP contribution in [0.3, 0.4) is 0 Å². The molecule has 0 aliphatic carbocycles. The first-order chi connectivity index (χ1) is 9.38. The van der Waals surface area contributed by atoms with Gasteiger partial charge in [0.05, 0.1) is 16.5 Å². The maximum absolute atomic E-state index is 12.1. The second kappa shape index (κ2) is 6.21. The largest absolute Gasteiger partial charge is 0.325 e. The molecule has 1 fully saturated rings. The van der Waals surface area contributed by atoms with Gasteiger partial charge in [-0.3, -0.25) is 4.79 Å². The molecule has 1 saturated heterocycles. The second-order valence-electron chi connectivity index (χ2n) is 4.72. The molecule has 1 aromatic carbocycles. The summed E-state index contributed by atoms with van der Waals surface area (Å²) < 4.78 is 22.9. The molecule has 0 spiro atoms. The average molecular weight is 362 g/mol. The normalized spacial score (nSPS) is 19.6. The smallest absolute Gasteiger partial charge is 0.238 e. The van der Waals surface area contributed by atoms with Crippen LogP contribution in [0.2, 0.25) is 0 Å². The van der Waals surface area contributed by atoms with Crippen molar-refractivity contribution in [1.82, 2.24) is 5.32 Å². The van der Waals surface area contributed by atoms with Crippen molar-refractivity contribution in [3.63, 3.8) is 0 Å². The van der Waals surface area contributed by atoms with Gasteiger partial charge >= 0.3 is 0 Å². The number of nitrogens with two attached hydrogens (primary N) is 1. The van der Waals surface area contributed by atoms with E-state index in [1.807, 2.05) is 0 Å². The molecule has 8 heteroatoms. The molecule has 20 heavy (non-hydrogen) atoms. The summed E-state index contributed by atoms with van der Waals surface area (Å²) in [4.78, 5) is 12.1. The van der Waals surface area contributed by atoms with E-state index in [1.54, 1.807) is 0 Å². The average Bonchev–Trinajstić information content (AvgIpc) is 2.41. The number of carbonyl (C=O) groups is 1. The van der Waals surface area contributed by atoms with Gasteiger partial charge in [-0.1, -0.05) is 0 Å². The highest BCUT2D eigenvalue weighted by atomic mass is 79.9. The molecule has 1 aliphatic heterocycles. The maximum Gasteiger partial charge on any atom is 0.238 e. The zero-order valence-electron chi connectivity index (χ0n) is 10.7. The Morgan fingerprint density at radius 1 is 1.45 bits per heavy atom. The highest BCUT2D eigenvalue weighted by Crippen LogP contribution is 2.26. The molecule has 0 bridgehead atoms. The summed E-state index contributed by atoms with van der Waals surface area (Å²) >= 11 is 3.24. The third-order valence-corrected chi connectivity index (χ3v) is 4.76. The third-order valence-electron chi connectivity index (χ3n) is 3.19. The number of halogens is 1. The van der Waals surface area contributed by atoms with Crippen molar-refractivity contribution in [2.24, 2.45) is 11.1 Å². The van der Waals surface area contributed by atoms with Gasteiger partial charge in [-0.25, -0.2) is 13.6 Å². The van der Waals surface area contributed by atoms with Crippen LogP contribution in [-0.4, -0.2) is 27.4 Å². The lowest BCUT2D eigenvalue weighted by atomic mass is 9.99. The number of carbonyl (C=O) groups excluding carboxylic acids is 1. The summed E-state index contributed by atoms with van der Waals surface area (Å²) in [6.45, 7) is 1.61. The van der Waals surface area contributed by atoms with E-state index in [9.17, 15) is 13.2 Å². The summed E-state index contributed by atoms with van der Waals surface area (Å²) in [6.07, 6.45) is 1.83. The summed E-state index contributed by atoms with van der Waals surface area (Å²) in [5.41, 5.74) is 0.535. The number of nitrogens with one attached hydrogen (secondary N) is 2. The van der Waals surface area contributed by atoms with Crippen molar-refractivity contribution in [1.29, 1.82) is 0 Å². The van der Waals surface area contributed by atoms with Gasteiger partial charge in [0.15, 0.2) is 0 Å². The van der Waals surface area contributed by atoms with Gasteiger partial charge in [-0.05, 0) is 53.5 Å². The highest BCUT2D eigenvalue weighted by molar-refractivity contribution is 9.10. The van der Waals surface area contributed by atoms with Crippen LogP contribution in [0.15, 0.2) is 27.6 Å². The van der Waals surface area contributed by atoms with Crippen LogP contribution >= 0.6 is 15.9 Å². The number of anilines is 1. The van der Waals surface area contributed by atoms with E-state index >= 15 is 0 Å². The van der Waals surface area contributed by atoms with Crippen molar-refractivity contribution in [3.05, 3.63) is 22.7 Å². The first-order valence-electron chi connectivity index (χ1n) is 6.22. The first-order valence-corrected chi connectivity index (χ1v) is 8.56. The Morgan fingerprint density at radius 3 is 2.75 bits per heavy atom. The minimum atomic E-state index is -3.74. The molecule has 0 aromatic heterocycles. The van der Waals surface area contributed by atoms with Crippen LogP contribution in [-0.2, 0) is 14.8 Å². The van der Waals surface area contributed by atoms with Crippen molar-refractivity contribution >= 4 is 37.5 Å². The van der Waals surface area contributed by atoms with Crippen LogP contribution in [0.5, 0.6) is 0 Å². The van der Waals surface area contributed by atoms with Crippen molar-refractivity contribution in [2.75, 3.05) is 18.4 Å². The molecule has 6 nitrogen and oxygen atoms in total. The molecular formula is C12H16BrN3O3S. The Labute approximate surface area is 126 Å². The minimum Gasteiger partial charge on any atom is -0.325 e. The van der Waals surface area contributed by atoms with E-state index in [-0.39, 0.29) is 16.7 Å². The van der Waals surface area contributed by atoms with E-state index in [0.717, 1.165) is 19.4 Å². The predicted octanol–water partition coefficient (Wildman–Crippen LogP) is 1.03. The van der Waals surface area contributed by atoms with Gasteiger partial charge < -0.3 is 10.6 Å². The lowest BCUT2D eigenvalue weighted by Gasteiger charge is -2.22. The van der Waals surface area contributed by atoms with Crippen LogP contribution in [0.25, 0.3) is 0 Å². The number of sulfonamides is 1. The Hall–Kier alpha value is -0.960. The van der Waals surface area contributed by atoms with Gasteiger partial charge in [0.25, 0.3) is 0 Å². The molecule has 1 heterocycles. The zero-order chi connectivity index (χ0) is 14.8. The summed E-state index contributed by atoms with van der Waals surface area (Å²) in [6, 6.07) is 4.27. The number of primary sulfonamides is 1. The predicted molar refractivity (Wildman–Crippen MR) is 79.7 cm³/mol. The van der Waals surface area contributed by atoms with Crippen LogP contribution in [0, 0.1) is 5.92 Å². The standard InChI is InChI=1S/C12H16BrN3O3S/c13-10-6-9(20(14,18)19)3-4-11(10)16-12(17)8-2-1-5-15-7-8/h3-4,6,8,15H,1-2,5,7H2,(H,16,17)(H2,14,18,19). The summed E-state index contributed by atoms with van der Waals surface area (Å²) in [5.74, 6) is -0.130. The number of hydrogen-bond donors (Lipinski definition) is 3. The number of piperidine rings is 1. The summed E-state index contributed by atoms with van der Waals surface area (Å²) in [5, 5.41) is 11.0. The van der Waals surface area contributed by atoms with E-state index in [4.69, 9.17) is 5.14 Å². The molecule has 1 amide bonds. The maximum atomic E-state index is 12.1. The zero-order valence-corrected chi connectivity index (χ0v) is 13.1. The molecule has 1 aromatic rings. The second-order valence-corrected chi connectivity index (χ2v) is 7.13. The Morgan fingerprint density at radius 2 is 2.20 bits per heavy atom. The van der Waals surface area contributed by atoms with Gasteiger partial charge in [-0.2, -0.15) is 0 Å². The molecule has 2 rings (SSSR count). The lowest BCUT2D eigenvalue weighted by molar-refractivity contribution is -0.120. The monoisotopic (exact) mass is 361 g/mol. The topological polar surface area (TPSA) is 101 Å². The molecule has 0 saturated carbocycles. The van der Waals surface area contributed by atoms with Gasteiger partial charge in [-0.15, -0.1) is 0 Å². The number of hydrogen-bond acceptors (Lipinski definition) is 4. The number of amides is 1. The van der Waals surface area contributed by atoms with Crippen molar-refractivity contribution < 1.29 is 13.2 Å².